The second kappa shape index (κ2) is 7.89. The fourth-order valence-corrected chi connectivity index (χ4v) is 5.25. The summed E-state index contributed by atoms with van der Waals surface area (Å²) in [6, 6.07) is 16.6. The third-order valence-corrected chi connectivity index (χ3v) is 6.94. The second-order valence-electron chi connectivity index (χ2n) is 8.81. The largest absolute Gasteiger partial charge is 0.454 e. The number of H-pyrrole nitrogens is 1. The summed E-state index contributed by atoms with van der Waals surface area (Å²) in [5.41, 5.74) is 11.3. The van der Waals surface area contributed by atoms with Gasteiger partial charge >= 0.3 is 0 Å². The van der Waals surface area contributed by atoms with Crippen LogP contribution in [0.5, 0.6) is 17.4 Å². The number of hydrogen-bond donors (Lipinski definition) is 2. The van der Waals surface area contributed by atoms with E-state index >= 15 is 0 Å². The molecule has 2 aliphatic heterocycles. The first kappa shape index (κ1) is 19.7. The predicted molar refractivity (Wildman–Crippen MR) is 122 cm³/mol. The van der Waals surface area contributed by atoms with Gasteiger partial charge in [-0.05, 0) is 42.0 Å². The smallest absolute Gasteiger partial charge is 0.244 e. The van der Waals surface area contributed by atoms with E-state index < -0.39 is 5.92 Å². The number of fused-ring (bicyclic) bond motifs is 2. The van der Waals surface area contributed by atoms with Crippen molar-refractivity contribution in [1.29, 1.82) is 5.26 Å². The number of rotatable bonds is 3. The van der Waals surface area contributed by atoms with Crippen molar-refractivity contribution in [3.63, 3.8) is 0 Å². The van der Waals surface area contributed by atoms with Gasteiger partial charge in [0, 0.05) is 5.56 Å². The maximum atomic E-state index is 9.94. The van der Waals surface area contributed by atoms with Crippen molar-refractivity contribution in [3.8, 4) is 34.7 Å². The minimum absolute atomic E-state index is 0.0679. The lowest BCUT2D eigenvalue weighted by molar-refractivity contribution is 0.174. The van der Waals surface area contributed by atoms with Gasteiger partial charge in [-0.15, -0.1) is 5.10 Å². The van der Waals surface area contributed by atoms with Gasteiger partial charge in [0.05, 0.1) is 17.2 Å². The lowest BCUT2D eigenvalue weighted by Crippen LogP contribution is -2.21. The molecule has 1 aliphatic carbocycles. The summed E-state index contributed by atoms with van der Waals surface area (Å²) in [6.45, 7) is 0.186. The molecule has 6 rings (SSSR count). The van der Waals surface area contributed by atoms with Gasteiger partial charge in [0.2, 0.25) is 18.6 Å². The Morgan fingerprint density at radius 1 is 0.970 bits per heavy atom. The van der Waals surface area contributed by atoms with E-state index in [0.29, 0.717) is 28.9 Å². The molecule has 0 saturated heterocycles. The summed E-state index contributed by atoms with van der Waals surface area (Å²) in [5.74, 6) is 2.01. The van der Waals surface area contributed by atoms with Crippen LogP contribution in [0.15, 0.2) is 53.9 Å². The van der Waals surface area contributed by atoms with Crippen LogP contribution in [0.3, 0.4) is 0 Å². The molecule has 3 aromatic rings. The molecule has 0 bridgehead atoms. The van der Waals surface area contributed by atoms with E-state index in [4.69, 9.17) is 19.9 Å². The molecule has 166 valence electrons. The van der Waals surface area contributed by atoms with Crippen LogP contribution >= 0.6 is 0 Å². The Labute approximate surface area is 191 Å². The lowest BCUT2D eigenvalue weighted by Gasteiger charge is -2.24. The maximum Gasteiger partial charge on any atom is 0.244 e. The first-order valence-electron chi connectivity index (χ1n) is 11.4. The summed E-state index contributed by atoms with van der Waals surface area (Å²) in [5, 5.41) is 17.4. The number of nitrogens with two attached hydrogens (primary N) is 1. The Morgan fingerprint density at radius 2 is 1.73 bits per heavy atom. The van der Waals surface area contributed by atoms with Crippen molar-refractivity contribution in [2.45, 2.75) is 43.9 Å². The van der Waals surface area contributed by atoms with Crippen LogP contribution in [-0.2, 0) is 0 Å². The zero-order chi connectivity index (χ0) is 22.4. The van der Waals surface area contributed by atoms with Crippen LogP contribution in [0.1, 0.15) is 60.6 Å². The van der Waals surface area contributed by atoms with Crippen LogP contribution in [0.25, 0.3) is 11.3 Å². The zero-order valence-corrected chi connectivity index (χ0v) is 18.1. The van der Waals surface area contributed by atoms with E-state index in [1.807, 2.05) is 18.2 Å². The first-order chi connectivity index (χ1) is 16.2. The number of allylic oxidation sites excluding steroid dienone is 1. The van der Waals surface area contributed by atoms with Gasteiger partial charge in [-0.3, -0.25) is 5.10 Å². The summed E-state index contributed by atoms with van der Waals surface area (Å²) in [7, 11) is 0. The van der Waals surface area contributed by atoms with Crippen LogP contribution in [-0.4, -0.2) is 17.0 Å². The van der Waals surface area contributed by atoms with Crippen molar-refractivity contribution < 1.29 is 14.2 Å². The average molecular weight is 441 g/mol. The number of nitrogens with one attached hydrogen (secondary N) is 1. The molecule has 1 aromatic heterocycles. The normalized spacial score (nSPS) is 19.7. The standard InChI is InChI=1S/C26H24N4O3/c27-13-19-22(18-10-11-20-21(12-18)32-14-31-20)23-24(29-30-26(23)33-25(19)28)17-8-6-16(7-9-17)15-4-2-1-3-5-15/h6-12,15,22H,1-5,14,28H2,(H,29,30)/t22-/m0/s1. The highest BCUT2D eigenvalue weighted by atomic mass is 16.7. The predicted octanol–water partition coefficient (Wildman–Crippen LogP) is 5.07. The van der Waals surface area contributed by atoms with Crippen molar-refractivity contribution >= 4 is 0 Å². The molecule has 0 spiro atoms. The molecular weight excluding hydrogens is 416 g/mol. The molecule has 33 heavy (non-hydrogen) atoms. The van der Waals surface area contributed by atoms with Crippen LogP contribution in [0.4, 0.5) is 0 Å². The Morgan fingerprint density at radius 3 is 2.52 bits per heavy atom. The number of aromatic amines is 1. The number of aromatic nitrogens is 2. The maximum absolute atomic E-state index is 9.94. The Kier molecular flexibility index (Phi) is 4.72. The highest BCUT2D eigenvalue weighted by Crippen LogP contribution is 2.47. The van der Waals surface area contributed by atoms with E-state index in [0.717, 1.165) is 22.4 Å². The second-order valence-corrected chi connectivity index (χ2v) is 8.81. The number of benzene rings is 2. The van der Waals surface area contributed by atoms with Gasteiger partial charge in [0.25, 0.3) is 0 Å². The van der Waals surface area contributed by atoms with Crippen molar-refractivity contribution in [2.24, 2.45) is 5.73 Å². The molecule has 3 N–H and O–H groups in total. The van der Waals surface area contributed by atoms with E-state index in [9.17, 15) is 5.26 Å². The van der Waals surface area contributed by atoms with Gasteiger partial charge in [0.1, 0.15) is 11.6 Å². The molecule has 3 heterocycles. The van der Waals surface area contributed by atoms with E-state index in [2.05, 4.69) is 40.5 Å². The van der Waals surface area contributed by atoms with Crippen LogP contribution in [0, 0.1) is 11.3 Å². The van der Waals surface area contributed by atoms with Crippen LogP contribution in [0.2, 0.25) is 0 Å². The summed E-state index contributed by atoms with van der Waals surface area (Å²) in [6.07, 6.45) is 6.47. The molecule has 0 amide bonds. The van der Waals surface area contributed by atoms with Gasteiger partial charge < -0.3 is 19.9 Å². The van der Waals surface area contributed by atoms with E-state index in [-0.39, 0.29) is 12.7 Å². The molecule has 0 unspecified atom stereocenters. The Hall–Kier alpha value is -3.92. The Balaban J connectivity index is 1.42. The first-order valence-corrected chi connectivity index (χ1v) is 11.4. The molecule has 0 radical (unpaired) electrons. The average Bonchev–Trinajstić information content (AvgIpc) is 3.50. The fourth-order valence-electron chi connectivity index (χ4n) is 5.25. The molecule has 2 aromatic carbocycles. The minimum atomic E-state index is -0.431. The topological polar surface area (TPSA) is 106 Å². The summed E-state index contributed by atoms with van der Waals surface area (Å²) < 4.78 is 16.8. The van der Waals surface area contributed by atoms with E-state index in [1.54, 1.807) is 0 Å². The van der Waals surface area contributed by atoms with Gasteiger partial charge in [-0.2, -0.15) is 5.26 Å². The van der Waals surface area contributed by atoms with Crippen molar-refractivity contribution in [1.82, 2.24) is 10.2 Å². The van der Waals surface area contributed by atoms with Crippen molar-refractivity contribution in [2.75, 3.05) is 6.79 Å². The number of hydrogen-bond acceptors (Lipinski definition) is 6. The number of nitriles is 1. The number of nitrogens with zero attached hydrogens (tertiary/aromatic N) is 2. The molecule has 1 fully saturated rings. The van der Waals surface area contributed by atoms with Gasteiger partial charge in [-0.25, -0.2) is 0 Å². The quantitative estimate of drug-likeness (QED) is 0.589. The summed E-state index contributed by atoms with van der Waals surface area (Å²) in [4.78, 5) is 0. The van der Waals surface area contributed by atoms with Gasteiger partial charge in [0.15, 0.2) is 11.5 Å². The zero-order valence-electron chi connectivity index (χ0n) is 18.1. The SMILES string of the molecule is N#CC1=C(N)Oc2n[nH]c(-c3ccc(C4CCCCC4)cc3)c2[C@H]1c1ccc2c(c1)OCO2. The monoisotopic (exact) mass is 440 g/mol. The Bertz CT molecular complexity index is 1280. The lowest BCUT2D eigenvalue weighted by atomic mass is 9.82. The molecule has 1 saturated carbocycles. The van der Waals surface area contributed by atoms with Crippen molar-refractivity contribution in [3.05, 3.63) is 70.6 Å². The van der Waals surface area contributed by atoms with Gasteiger partial charge in [-0.1, -0.05) is 49.6 Å². The third-order valence-electron chi connectivity index (χ3n) is 6.94. The highest BCUT2D eigenvalue weighted by Gasteiger charge is 2.36. The third kappa shape index (κ3) is 3.30. The van der Waals surface area contributed by atoms with Crippen LogP contribution < -0.4 is 19.9 Å². The molecular formula is C26H24N4O3. The summed E-state index contributed by atoms with van der Waals surface area (Å²) >= 11 is 0. The molecule has 7 nitrogen and oxygen atoms in total. The minimum Gasteiger partial charge on any atom is -0.454 e. The number of ether oxygens (including phenoxy) is 3. The molecule has 7 heteroatoms. The fraction of sp³-hybridized carbons (Fsp3) is 0.308. The molecule has 3 aliphatic rings. The highest BCUT2D eigenvalue weighted by molar-refractivity contribution is 5.71. The molecule has 1 atom stereocenters. The van der Waals surface area contributed by atoms with E-state index in [1.165, 1.54) is 37.7 Å².